The van der Waals surface area contributed by atoms with Gasteiger partial charge < -0.3 is 14.6 Å². The van der Waals surface area contributed by atoms with E-state index in [0.29, 0.717) is 26.1 Å². The maximum atomic E-state index is 10.9. The third-order valence-electron chi connectivity index (χ3n) is 4.20. The lowest BCUT2D eigenvalue weighted by molar-refractivity contribution is -0.156. The smallest absolute Gasteiger partial charge is 0.125 e. The van der Waals surface area contributed by atoms with E-state index in [4.69, 9.17) is 9.47 Å². The summed E-state index contributed by atoms with van der Waals surface area (Å²) in [6, 6.07) is 11.6. The zero-order valence-corrected chi connectivity index (χ0v) is 12.1. The highest BCUT2D eigenvalue weighted by atomic mass is 16.5. The predicted octanol–water partition coefficient (Wildman–Crippen LogP) is 2.10. The molecule has 0 bridgehead atoms. The highest BCUT2D eigenvalue weighted by Gasteiger charge is 2.42. The van der Waals surface area contributed by atoms with Crippen LogP contribution >= 0.6 is 0 Å². The minimum Gasteiger partial charge on any atom is -0.384 e. The number of nitrogens with zero attached hydrogens (tertiary/aromatic N) is 2. The van der Waals surface area contributed by atoms with Gasteiger partial charge in [-0.2, -0.15) is 5.10 Å². The van der Waals surface area contributed by atoms with Crippen molar-refractivity contribution in [3.63, 3.8) is 0 Å². The number of ether oxygens (including phenoxy) is 2. The Morgan fingerprint density at radius 2 is 1.95 bits per heavy atom. The molecule has 1 atom stereocenters. The molecule has 3 rings (SSSR count). The molecule has 1 fully saturated rings. The second-order valence-electron chi connectivity index (χ2n) is 5.29. The molecule has 0 spiro atoms. The zero-order chi connectivity index (χ0) is 14.7. The fourth-order valence-electron chi connectivity index (χ4n) is 2.88. The van der Waals surface area contributed by atoms with E-state index in [2.05, 4.69) is 5.10 Å². The van der Waals surface area contributed by atoms with Gasteiger partial charge in [0, 0.05) is 39.4 Å². The standard InChI is InChI=1S/C16H20N2O3/c1-20-16(8-11-21-12-9-16)15(19)14-7-10-17-18(14)13-5-3-2-4-6-13/h2-7,10,15,19H,8-9,11-12H2,1H3. The average Bonchev–Trinajstić information content (AvgIpc) is 3.05. The van der Waals surface area contributed by atoms with Crippen molar-refractivity contribution < 1.29 is 14.6 Å². The van der Waals surface area contributed by atoms with Gasteiger partial charge in [-0.05, 0) is 18.2 Å². The number of para-hydroxylation sites is 1. The Bertz CT molecular complexity index is 576. The van der Waals surface area contributed by atoms with Gasteiger partial charge in [0.05, 0.1) is 11.4 Å². The van der Waals surface area contributed by atoms with Crippen LogP contribution < -0.4 is 0 Å². The van der Waals surface area contributed by atoms with Crippen molar-refractivity contribution in [2.45, 2.75) is 24.5 Å². The maximum Gasteiger partial charge on any atom is 0.125 e. The van der Waals surface area contributed by atoms with E-state index in [1.807, 2.05) is 36.4 Å². The van der Waals surface area contributed by atoms with Gasteiger partial charge in [-0.3, -0.25) is 0 Å². The number of hydrogen-bond acceptors (Lipinski definition) is 4. The number of benzene rings is 1. The van der Waals surface area contributed by atoms with E-state index in [1.165, 1.54) is 0 Å². The fourth-order valence-corrected chi connectivity index (χ4v) is 2.88. The van der Waals surface area contributed by atoms with Crippen LogP contribution in [-0.4, -0.2) is 40.8 Å². The summed E-state index contributed by atoms with van der Waals surface area (Å²) >= 11 is 0. The molecular formula is C16H20N2O3. The van der Waals surface area contributed by atoms with Crippen molar-refractivity contribution in [2.75, 3.05) is 20.3 Å². The van der Waals surface area contributed by atoms with Crippen molar-refractivity contribution in [3.05, 3.63) is 48.3 Å². The summed E-state index contributed by atoms with van der Waals surface area (Å²) in [4.78, 5) is 0. The van der Waals surface area contributed by atoms with Crippen LogP contribution in [0.2, 0.25) is 0 Å². The SMILES string of the molecule is COC1(C(O)c2ccnn2-c2ccccc2)CCOCC1. The summed E-state index contributed by atoms with van der Waals surface area (Å²) in [6.07, 6.45) is 2.30. The van der Waals surface area contributed by atoms with Gasteiger partial charge in [0.2, 0.25) is 0 Å². The van der Waals surface area contributed by atoms with Crippen LogP contribution in [0.4, 0.5) is 0 Å². The first-order valence-corrected chi connectivity index (χ1v) is 7.17. The molecular weight excluding hydrogens is 268 g/mol. The highest BCUT2D eigenvalue weighted by Crippen LogP contribution is 2.37. The van der Waals surface area contributed by atoms with Gasteiger partial charge in [-0.25, -0.2) is 4.68 Å². The Balaban J connectivity index is 1.95. The second-order valence-corrected chi connectivity index (χ2v) is 5.29. The van der Waals surface area contributed by atoms with Crippen molar-refractivity contribution in [1.82, 2.24) is 9.78 Å². The highest BCUT2D eigenvalue weighted by molar-refractivity contribution is 5.33. The largest absolute Gasteiger partial charge is 0.384 e. The molecule has 2 aromatic rings. The van der Waals surface area contributed by atoms with Crippen LogP contribution in [0.1, 0.15) is 24.6 Å². The number of aliphatic hydroxyl groups excluding tert-OH is 1. The number of aromatic nitrogens is 2. The molecule has 0 amide bonds. The summed E-state index contributed by atoms with van der Waals surface area (Å²) in [5, 5.41) is 15.2. The zero-order valence-electron chi connectivity index (χ0n) is 12.1. The first-order valence-electron chi connectivity index (χ1n) is 7.17. The monoisotopic (exact) mass is 288 g/mol. The summed E-state index contributed by atoms with van der Waals surface area (Å²) < 4.78 is 12.8. The Morgan fingerprint density at radius 3 is 2.62 bits per heavy atom. The van der Waals surface area contributed by atoms with Gasteiger partial charge in [-0.15, -0.1) is 0 Å². The molecule has 0 aliphatic carbocycles. The lowest BCUT2D eigenvalue weighted by Gasteiger charge is -2.39. The van der Waals surface area contributed by atoms with Crippen molar-refractivity contribution >= 4 is 0 Å². The van der Waals surface area contributed by atoms with Gasteiger partial charge in [0.25, 0.3) is 0 Å². The third kappa shape index (κ3) is 2.60. The Labute approximate surface area is 124 Å². The average molecular weight is 288 g/mol. The van der Waals surface area contributed by atoms with Crippen LogP contribution in [-0.2, 0) is 9.47 Å². The molecule has 21 heavy (non-hydrogen) atoms. The van der Waals surface area contributed by atoms with Gasteiger partial charge in [0.15, 0.2) is 0 Å². The van der Waals surface area contributed by atoms with E-state index in [1.54, 1.807) is 18.0 Å². The van der Waals surface area contributed by atoms with Crippen LogP contribution in [0.3, 0.4) is 0 Å². The van der Waals surface area contributed by atoms with Crippen molar-refractivity contribution in [3.8, 4) is 5.69 Å². The van der Waals surface area contributed by atoms with Gasteiger partial charge in [-0.1, -0.05) is 18.2 Å². The van der Waals surface area contributed by atoms with Crippen molar-refractivity contribution in [1.29, 1.82) is 0 Å². The molecule has 1 N–H and O–H groups in total. The van der Waals surface area contributed by atoms with Crippen molar-refractivity contribution in [2.24, 2.45) is 0 Å². The Hall–Kier alpha value is -1.69. The number of hydrogen-bond donors (Lipinski definition) is 1. The molecule has 112 valence electrons. The molecule has 1 unspecified atom stereocenters. The molecule has 1 aliphatic rings. The first kappa shape index (κ1) is 14.3. The number of methoxy groups -OCH3 is 1. The Morgan fingerprint density at radius 1 is 1.24 bits per heavy atom. The third-order valence-corrected chi connectivity index (χ3v) is 4.20. The topological polar surface area (TPSA) is 56.5 Å². The minimum atomic E-state index is -0.742. The van der Waals surface area contributed by atoms with Crippen LogP contribution in [0.15, 0.2) is 42.6 Å². The lowest BCUT2D eigenvalue weighted by atomic mass is 9.86. The summed E-state index contributed by atoms with van der Waals surface area (Å²) in [7, 11) is 1.65. The predicted molar refractivity (Wildman–Crippen MR) is 78.3 cm³/mol. The molecule has 5 nitrogen and oxygen atoms in total. The summed E-state index contributed by atoms with van der Waals surface area (Å²) in [6.45, 7) is 1.20. The molecule has 1 aromatic carbocycles. The molecule has 2 heterocycles. The van der Waals surface area contributed by atoms with E-state index in [0.717, 1.165) is 11.4 Å². The van der Waals surface area contributed by atoms with E-state index < -0.39 is 11.7 Å². The molecule has 1 aliphatic heterocycles. The Kier molecular flexibility index (Phi) is 4.05. The van der Waals surface area contributed by atoms with E-state index in [9.17, 15) is 5.11 Å². The fraction of sp³-hybridized carbons (Fsp3) is 0.438. The summed E-state index contributed by atoms with van der Waals surface area (Å²) in [5.74, 6) is 0. The normalized spacial score (nSPS) is 19.3. The van der Waals surface area contributed by atoms with Gasteiger partial charge >= 0.3 is 0 Å². The number of rotatable bonds is 4. The first-order chi connectivity index (χ1) is 10.3. The maximum absolute atomic E-state index is 10.9. The van der Waals surface area contributed by atoms with Crippen LogP contribution in [0, 0.1) is 0 Å². The lowest BCUT2D eigenvalue weighted by Crippen LogP contribution is -2.44. The molecule has 0 radical (unpaired) electrons. The minimum absolute atomic E-state index is 0.602. The van der Waals surface area contributed by atoms with E-state index in [-0.39, 0.29) is 0 Å². The molecule has 0 saturated carbocycles. The van der Waals surface area contributed by atoms with Crippen LogP contribution in [0.5, 0.6) is 0 Å². The van der Waals surface area contributed by atoms with Crippen LogP contribution in [0.25, 0.3) is 5.69 Å². The van der Waals surface area contributed by atoms with E-state index >= 15 is 0 Å². The molecule has 1 saturated heterocycles. The molecule has 1 aromatic heterocycles. The molecule has 5 heteroatoms. The summed E-state index contributed by atoms with van der Waals surface area (Å²) in [5.41, 5.74) is 1.06. The quantitative estimate of drug-likeness (QED) is 0.936. The number of aliphatic hydroxyl groups is 1. The second kappa shape index (κ2) is 5.97. The van der Waals surface area contributed by atoms with Gasteiger partial charge in [0.1, 0.15) is 11.7 Å².